The maximum atomic E-state index is 9.16. The molecule has 1 N–H and O–H groups in total. The summed E-state index contributed by atoms with van der Waals surface area (Å²) < 4.78 is 10.5. The monoisotopic (exact) mass is 288 g/mol. The Kier molecular flexibility index (Phi) is 4.34. The van der Waals surface area contributed by atoms with E-state index in [1.807, 2.05) is 6.07 Å². The number of hydrogen-bond donors (Lipinski definition) is 1. The molecule has 2 aromatic rings. The van der Waals surface area contributed by atoms with Gasteiger partial charge in [0.1, 0.15) is 17.6 Å². The first-order valence-corrected chi connectivity index (χ1v) is 6.25. The molecule has 2 rings (SSSR count). The summed E-state index contributed by atoms with van der Waals surface area (Å²) in [5, 5.41) is 12.7. The molecular formula is C15H13ClN2O2. The van der Waals surface area contributed by atoms with Gasteiger partial charge >= 0.3 is 0 Å². The fraction of sp³-hybridized carbons (Fsp3) is 0.133. The topological polar surface area (TPSA) is 54.3 Å². The van der Waals surface area contributed by atoms with Crippen molar-refractivity contribution < 1.29 is 9.47 Å². The van der Waals surface area contributed by atoms with E-state index in [4.69, 9.17) is 26.3 Å². The molecule has 0 bridgehead atoms. The zero-order chi connectivity index (χ0) is 14.5. The molecule has 0 unspecified atom stereocenters. The molecule has 20 heavy (non-hydrogen) atoms. The first-order valence-electron chi connectivity index (χ1n) is 5.87. The van der Waals surface area contributed by atoms with Gasteiger partial charge in [0.25, 0.3) is 0 Å². The molecule has 0 aliphatic rings. The second-order valence-electron chi connectivity index (χ2n) is 3.97. The number of ether oxygens (including phenoxy) is 2. The number of nitriles is 1. The van der Waals surface area contributed by atoms with E-state index in [1.54, 1.807) is 44.6 Å². The molecule has 0 amide bonds. The highest BCUT2D eigenvalue weighted by Crippen LogP contribution is 2.33. The first-order chi connectivity index (χ1) is 9.69. The van der Waals surface area contributed by atoms with Crippen LogP contribution >= 0.6 is 11.6 Å². The average molecular weight is 289 g/mol. The van der Waals surface area contributed by atoms with E-state index in [0.29, 0.717) is 27.8 Å². The lowest BCUT2D eigenvalue weighted by atomic mass is 10.1. The van der Waals surface area contributed by atoms with Gasteiger partial charge in [0.2, 0.25) is 0 Å². The third-order valence-electron chi connectivity index (χ3n) is 2.80. The van der Waals surface area contributed by atoms with Gasteiger partial charge in [0, 0.05) is 6.07 Å². The zero-order valence-corrected chi connectivity index (χ0v) is 11.9. The Balaban J connectivity index is 2.40. The largest absolute Gasteiger partial charge is 0.497 e. The molecule has 4 nitrogen and oxygen atoms in total. The molecule has 0 heterocycles. The number of nitrogens with one attached hydrogen (secondary N) is 1. The molecule has 0 aliphatic heterocycles. The standard InChI is InChI=1S/C15H13ClN2O2/c1-19-10-6-7-14(15(8-10)20-2)18-13-5-3-4-12(16)11(13)9-17/h3-8,18H,1-2H3. The Morgan fingerprint density at radius 2 is 1.90 bits per heavy atom. The minimum Gasteiger partial charge on any atom is -0.497 e. The summed E-state index contributed by atoms with van der Waals surface area (Å²) in [6.07, 6.45) is 0. The minimum atomic E-state index is 0.395. The number of nitrogens with zero attached hydrogens (tertiary/aromatic N) is 1. The van der Waals surface area contributed by atoms with Crippen LogP contribution in [0, 0.1) is 11.3 Å². The fourth-order valence-electron chi connectivity index (χ4n) is 1.79. The maximum Gasteiger partial charge on any atom is 0.145 e. The van der Waals surface area contributed by atoms with Gasteiger partial charge in [-0.3, -0.25) is 0 Å². The number of anilines is 2. The predicted octanol–water partition coefficient (Wildman–Crippen LogP) is 3.97. The lowest BCUT2D eigenvalue weighted by molar-refractivity contribution is 0.395. The van der Waals surface area contributed by atoms with Crippen molar-refractivity contribution in [3.05, 3.63) is 47.0 Å². The SMILES string of the molecule is COc1ccc(Nc2cccc(Cl)c2C#N)c(OC)c1. The predicted molar refractivity (Wildman–Crippen MR) is 79.0 cm³/mol. The summed E-state index contributed by atoms with van der Waals surface area (Å²) in [6.45, 7) is 0. The molecule has 2 aromatic carbocycles. The average Bonchev–Trinajstić information content (AvgIpc) is 2.48. The lowest BCUT2D eigenvalue weighted by Crippen LogP contribution is -1.97. The number of halogens is 1. The quantitative estimate of drug-likeness (QED) is 0.925. The van der Waals surface area contributed by atoms with Crippen molar-refractivity contribution in [2.24, 2.45) is 0 Å². The Hall–Kier alpha value is -2.38. The second kappa shape index (κ2) is 6.18. The van der Waals surface area contributed by atoms with Crippen LogP contribution in [-0.4, -0.2) is 14.2 Å². The van der Waals surface area contributed by atoms with Crippen LogP contribution in [0.2, 0.25) is 5.02 Å². The van der Waals surface area contributed by atoms with Crippen LogP contribution in [0.15, 0.2) is 36.4 Å². The molecule has 0 atom stereocenters. The fourth-order valence-corrected chi connectivity index (χ4v) is 2.01. The molecule has 0 saturated carbocycles. The van der Waals surface area contributed by atoms with Crippen molar-refractivity contribution >= 4 is 23.0 Å². The molecule has 5 heteroatoms. The zero-order valence-electron chi connectivity index (χ0n) is 11.1. The van der Waals surface area contributed by atoms with Gasteiger partial charge in [-0.2, -0.15) is 5.26 Å². The van der Waals surface area contributed by atoms with Crippen molar-refractivity contribution in [2.75, 3.05) is 19.5 Å². The van der Waals surface area contributed by atoms with E-state index < -0.39 is 0 Å². The Bertz CT molecular complexity index is 665. The van der Waals surface area contributed by atoms with Crippen LogP contribution in [-0.2, 0) is 0 Å². The van der Waals surface area contributed by atoms with E-state index in [1.165, 1.54) is 0 Å². The highest BCUT2D eigenvalue weighted by Gasteiger charge is 2.10. The van der Waals surface area contributed by atoms with Crippen LogP contribution < -0.4 is 14.8 Å². The smallest absolute Gasteiger partial charge is 0.145 e. The third kappa shape index (κ3) is 2.79. The van der Waals surface area contributed by atoms with Crippen LogP contribution in [0.5, 0.6) is 11.5 Å². The van der Waals surface area contributed by atoms with Crippen molar-refractivity contribution in [2.45, 2.75) is 0 Å². The Morgan fingerprint density at radius 3 is 2.55 bits per heavy atom. The Labute approximate surface area is 122 Å². The van der Waals surface area contributed by atoms with Gasteiger partial charge in [0.15, 0.2) is 0 Å². The molecule has 0 aliphatic carbocycles. The van der Waals surface area contributed by atoms with E-state index in [9.17, 15) is 0 Å². The van der Waals surface area contributed by atoms with Crippen molar-refractivity contribution in [3.8, 4) is 17.6 Å². The maximum absolute atomic E-state index is 9.16. The van der Waals surface area contributed by atoms with Crippen molar-refractivity contribution in [3.63, 3.8) is 0 Å². The molecule has 0 spiro atoms. The summed E-state index contributed by atoms with van der Waals surface area (Å²) in [5.41, 5.74) is 1.75. The normalized spacial score (nSPS) is 9.70. The van der Waals surface area contributed by atoms with E-state index in [-0.39, 0.29) is 0 Å². The van der Waals surface area contributed by atoms with Crippen molar-refractivity contribution in [1.82, 2.24) is 0 Å². The van der Waals surface area contributed by atoms with E-state index in [2.05, 4.69) is 11.4 Å². The highest BCUT2D eigenvalue weighted by atomic mass is 35.5. The molecule has 0 radical (unpaired) electrons. The third-order valence-corrected chi connectivity index (χ3v) is 3.12. The lowest BCUT2D eigenvalue weighted by Gasteiger charge is -2.13. The van der Waals surface area contributed by atoms with Gasteiger partial charge in [-0.25, -0.2) is 0 Å². The molecule has 102 valence electrons. The molecule has 0 saturated heterocycles. The molecule has 0 aromatic heterocycles. The minimum absolute atomic E-state index is 0.395. The summed E-state index contributed by atoms with van der Waals surface area (Å²) in [7, 11) is 3.16. The number of hydrogen-bond acceptors (Lipinski definition) is 4. The van der Waals surface area contributed by atoms with Crippen LogP contribution in [0.4, 0.5) is 11.4 Å². The van der Waals surface area contributed by atoms with Gasteiger partial charge in [-0.15, -0.1) is 0 Å². The second-order valence-corrected chi connectivity index (χ2v) is 4.37. The van der Waals surface area contributed by atoms with Crippen LogP contribution in [0.25, 0.3) is 0 Å². The van der Waals surface area contributed by atoms with Gasteiger partial charge < -0.3 is 14.8 Å². The summed E-state index contributed by atoms with van der Waals surface area (Å²) in [5.74, 6) is 1.31. The number of methoxy groups -OCH3 is 2. The molecule has 0 fully saturated rings. The Morgan fingerprint density at radius 1 is 1.10 bits per heavy atom. The number of rotatable bonds is 4. The van der Waals surface area contributed by atoms with E-state index in [0.717, 1.165) is 5.69 Å². The van der Waals surface area contributed by atoms with Gasteiger partial charge in [-0.1, -0.05) is 17.7 Å². The highest BCUT2D eigenvalue weighted by molar-refractivity contribution is 6.32. The first kappa shape index (κ1) is 14.0. The van der Waals surface area contributed by atoms with Crippen LogP contribution in [0.1, 0.15) is 5.56 Å². The van der Waals surface area contributed by atoms with Crippen molar-refractivity contribution in [1.29, 1.82) is 5.26 Å². The summed E-state index contributed by atoms with van der Waals surface area (Å²) in [4.78, 5) is 0. The van der Waals surface area contributed by atoms with Crippen LogP contribution in [0.3, 0.4) is 0 Å². The van der Waals surface area contributed by atoms with Gasteiger partial charge in [-0.05, 0) is 24.3 Å². The summed E-state index contributed by atoms with van der Waals surface area (Å²) in [6, 6.07) is 12.7. The molecular weight excluding hydrogens is 276 g/mol. The summed E-state index contributed by atoms with van der Waals surface area (Å²) >= 11 is 6.00. The van der Waals surface area contributed by atoms with E-state index >= 15 is 0 Å². The number of benzene rings is 2. The van der Waals surface area contributed by atoms with Gasteiger partial charge in [0.05, 0.1) is 36.2 Å².